The second kappa shape index (κ2) is 4.93. The molecule has 1 aromatic heterocycles. The molecule has 90 valence electrons. The molecule has 2 heteroatoms. The van der Waals surface area contributed by atoms with Crippen LogP contribution in [-0.4, -0.2) is 12.1 Å². The van der Waals surface area contributed by atoms with Crippen LogP contribution in [0.5, 0.6) is 5.88 Å². The molecule has 0 aliphatic carbocycles. The summed E-state index contributed by atoms with van der Waals surface area (Å²) in [5.41, 5.74) is 5.12. The van der Waals surface area contributed by atoms with Crippen LogP contribution in [0.4, 0.5) is 0 Å². The maximum Gasteiger partial charge on any atom is 0.229 e. The summed E-state index contributed by atoms with van der Waals surface area (Å²) in [6, 6.07) is 10.0. The van der Waals surface area contributed by atoms with Crippen molar-refractivity contribution >= 4 is 0 Å². The van der Waals surface area contributed by atoms with Crippen LogP contribution in [-0.2, 0) is 0 Å². The maximum atomic E-state index is 5.39. The summed E-state index contributed by atoms with van der Waals surface area (Å²) in [4.78, 5) is 4.44. The SMILES string of the molecule is C#Cc1ccc(-c2ccc(C)c(C)c2)nc1OC. The first-order chi connectivity index (χ1) is 8.65. The molecule has 1 aromatic carbocycles. The molecule has 0 atom stereocenters. The molecule has 0 aliphatic rings. The van der Waals surface area contributed by atoms with E-state index >= 15 is 0 Å². The number of methoxy groups -OCH3 is 1. The van der Waals surface area contributed by atoms with E-state index in [-0.39, 0.29) is 0 Å². The summed E-state index contributed by atoms with van der Waals surface area (Å²) in [5, 5.41) is 0. The van der Waals surface area contributed by atoms with Gasteiger partial charge in [-0.3, -0.25) is 0 Å². The Morgan fingerprint density at radius 2 is 1.89 bits per heavy atom. The first-order valence-electron chi connectivity index (χ1n) is 5.75. The molecule has 2 aromatic rings. The highest BCUT2D eigenvalue weighted by Crippen LogP contribution is 2.24. The van der Waals surface area contributed by atoms with Crippen LogP contribution in [0.3, 0.4) is 0 Å². The maximum absolute atomic E-state index is 5.39. The molecule has 18 heavy (non-hydrogen) atoms. The quantitative estimate of drug-likeness (QED) is 0.747. The minimum absolute atomic E-state index is 0.494. The number of nitrogens with zero attached hydrogens (tertiary/aromatic N) is 1. The Bertz CT molecular complexity index is 623. The van der Waals surface area contributed by atoms with Crippen LogP contribution in [0.25, 0.3) is 11.3 Å². The number of aromatic nitrogens is 1. The number of hydrogen-bond acceptors (Lipinski definition) is 2. The van der Waals surface area contributed by atoms with E-state index in [2.05, 4.69) is 43.0 Å². The second-order valence-corrected chi connectivity index (χ2v) is 4.20. The average molecular weight is 237 g/mol. The van der Waals surface area contributed by atoms with Crippen LogP contribution < -0.4 is 4.74 Å². The normalized spacial score (nSPS) is 9.89. The van der Waals surface area contributed by atoms with Crippen molar-refractivity contribution in [3.05, 3.63) is 47.0 Å². The third kappa shape index (κ3) is 2.21. The molecule has 0 fully saturated rings. The predicted molar refractivity (Wildman–Crippen MR) is 73.6 cm³/mol. The Morgan fingerprint density at radius 3 is 2.50 bits per heavy atom. The van der Waals surface area contributed by atoms with E-state index in [0.717, 1.165) is 11.3 Å². The average Bonchev–Trinajstić information content (AvgIpc) is 2.41. The predicted octanol–water partition coefficient (Wildman–Crippen LogP) is 3.36. The molecule has 1 heterocycles. The van der Waals surface area contributed by atoms with Gasteiger partial charge in [-0.25, -0.2) is 4.98 Å². The summed E-state index contributed by atoms with van der Waals surface area (Å²) in [6.07, 6.45) is 5.39. The lowest BCUT2D eigenvalue weighted by Crippen LogP contribution is -1.94. The number of benzene rings is 1. The molecule has 2 nitrogen and oxygen atoms in total. The summed E-state index contributed by atoms with van der Waals surface area (Å²) in [6.45, 7) is 4.18. The van der Waals surface area contributed by atoms with Gasteiger partial charge in [0.05, 0.1) is 18.4 Å². The fraction of sp³-hybridized carbons (Fsp3) is 0.188. The van der Waals surface area contributed by atoms with E-state index in [1.54, 1.807) is 7.11 Å². The van der Waals surface area contributed by atoms with Crippen molar-refractivity contribution in [3.8, 4) is 29.5 Å². The summed E-state index contributed by atoms with van der Waals surface area (Å²) in [7, 11) is 1.58. The Morgan fingerprint density at radius 1 is 1.11 bits per heavy atom. The molecule has 0 saturated carbocycles. The molecule has 2 rings (SSSR count). The van der Waals surface area contributed by atoms with E-state index in [0.29, 0.717) is 11.4 Å². The van der Waals surface area contributed by atoms with Gasteiger partial charge in [-0.1, -0.05) is 18.1 Å². The number of ether oxygens (including phenoxy) is 1. The highest BCUT2D eigenvalue weighted by Gasteiger charge is 2.06. The smallest absolute Gasteiger partial charge is 0.229 e. The molecule has 0 bridgehead atoms. The van der Waals surface area contributed by atoms with Gasteiger partial charge in [-0.2, -0.15) is 0 Å². The minimum atomic E-state index is 0.494. The molecular formula is C16H15NO. The first kappa shape index (κ1) is 12.2. The van der Waals surface area contributed by atoms with Crippen molar-refractivity contribution in [2.45, 2.75) is 13.8 Å². The largest absolute Gasteiger partial charge is 0.480 e. The van der Waals surface area contributed by atoms with Gasteiger partial charge in [0.25, 0.3) is 0 Å². The Balaban J connectivity index is 2.51. The van der Waals surface area contributed by atoms with Crippen LogP contribution in [0.2, 0.25) is 0 Å². The number of hydrogen-bond donors (Lipinski definition) is 0. The standard InChI is InChI=1S/C16H15NO/c1-5-13-8-9-15(17-16(13)18-4)14-7-6-11(2)12(3)10-14/h1,6-10H,2-4H3. The highest BCUT2D eigenvalue weighted by atomic mass is 16.5. The van der Waals surface area contributed by atoms with Crippen molar-refractivity contribution in [2.24, 2.45) is 0 Å². The lowest BCUT2D eigenvalue weighted by Gasteiger charge is -2.08. The van der Waals surface area contributed by atoms with Crippen molar-refractivity contribution in [1.82, 2.24) is 4.98 Å². The van der Waals surface area contributed by atoms with Gasteiger partial charge in [-0.05, 0) is 43.2 Å². The molecule has 0 spiro atoms. The van der Waals surface area contributed by atoms with Crippen LogP contribution in [0.1, 0.15) is 16.7 Å². The van der Waals surface area contributed by atoms with Crippen molar-refractivity contribution < 1.29 is 4.74 Å². The van der Waals surface area contributed by atoms with Crippen LogP contribution in [0, 0.1) is 26.2 Å². The fourth-order valence-corrected chi connectivity index (χ4v) is 1.77. The Kier molecular flexibility index (Phi) is 3.34. The zero-order chi connectivity index (χ0) is 13.1. The topological polar surface area (TPSA) is 22.1 Å². The molecular weight excluding hydrogens is 222 g/mol. The third-order valence-corrected chi connectivity index (χ3v) is 3.01. The van der Waals surface area contributed by atoms with Gasteiger partial charge < -0.3 is 4.74 Å². The zero-order valence-electron chi connectivity index (χ0n) is 10.8. The van der Waals surface area contributed by atoms with E-state index in [1.807, 2.05) is 12.1 Å². The zero-order valence-corrected chi connectivity index (χ0v) is 10.8. The van der Waals surface area contributed by atoms with E-state index in [4.69, 9.17) is 11.2 Å². The molecule has 0 unspecified atom stereocenters. The first-order valence-corrected chi connectivity index (χ1v) is 5.75. The van der Waals surface area contributed by atoms with Gasteiger partial charge in [0.2, 0.25) is 5.88 Å². The molecule has 0 N–H and O–H groups in total. The van der Waals surface area contributed by atoms with Gasteiger partial charge >= 0.3 is 0 Å². The monoisotopic (exact) mass is 237 g/mol. The van der Waals surface area contributed by atoms with Crippen LogP contribution >= 0.6 is 0 Å². The number of rotatable bonds is 2. The lowest BCUT2D eigenvalue weighted by atomic mass is 10.0. The number of aryl methyl sites for hydroxylation is 2. The van der Waals surface area contributed by atoms with Gasteiger partial charge in [0.15, 0.2) is 0 Å². The number of pyridine rings is 1. The molecule has 0 amide bonds. The fourth-order valence-electron chi connectivity index (χ4n) is 1.77. The summed E-state index contributed by atoms with van der Waals surface area (Å²) >= 11 is 0. The van der Waals surface area contributed by atoms with Gasteiger partial charge in [0, 0.05) is 5.56 Å². The highest BCUT2D eigenvalue weighted by molar-refractivity contribution is 5.63. The minimum Gasteiger partial charge on any atom is -0.480 e. The Hall–Kier alpha value is -2.27. The molecule has 0 radical (unpaired) electrons. The summed E-state index contributed by atoms with van der Waals surface area (Å²) < 4.78 is 5.20. The Labute approximate surface area is 108 Å². The summed E-state index contributed by atoms with van der Waals surface area (Å²) in [5.74, 6) is 3.05. The van der Waals surface area contributed by atoms with E-state index in [1.165, 1.54) is 11.1 Å². The van der Waals surface area contributed by atoms with Gasteiger partial charge in [0.1, 0.15) is 0 Å². The molecule has 0 saturated heterocycles. The van der Waals surface area contributed by atoms with E-state index in [9.17, 15) is 0 Å². The van der Waals surface area contributed by atoms with Crippen LogP contribution in [0.15, 0.2) is 30.3 Å². The van der Waals surface area contributed by atoms with Crippen molar-refractivity contribution in [1.29, 1.82) is 0 Å². The number of terminal acetylenes is 1. The lowest BCUT2D eigenvalue weighted by molar-refractivity contribution is 0.397. The van der Waals surface area contributed by atoms with E-state index < -0.39 is 0 Å². The third-order valence-electron chi connectivity index (χ3n) is 3.01. The van der Waals surface area contributed by atoms with Crippen molar-refractivity contribution in [2.75, 3.05) is 7.11 Å². The van der Waals surface area contributed by atoms with Crippen molar-refractivity contribution in [3.63, 3.8) is 0 Å². The molecule has 0 aliphatic heterocycles. The second-order valence-electron chi connectivity index (χ2n) is 4.20. The van der Waals surface area contributed by atoms with Gasteiger partial charge in [-0.15, -0.1) is 6.42 Å².